The molecule has 102 valence electrons. The Morgan fingerprint density at radius 1 is 1.26 bits per heavy atom. The van der Waals surface area contributed by atoms with E-state index >= 15 is 0 Å². The van der Waals surface area contributed by atoms with Crippen molar-refractivity contribution in [2.45, 2.75) is 11.3 Å². The van der Waals surface area contributed by atoms with Gasteiger partial charge in [0.25, 0.3) is 9.05 Å². The van der Waals surface area contributed by atoms with Gasteiger partial charge in [-0.1, -0.05) is 0 Å². The summed E-state index contributed by atoms with van der Waals surface area (Å²) in [6, 6.07) is 5.55. The quantitative estimate of drug-likeness (QED) is 0.795. The first-order chi connectivity index (χ1) is 8.79. The summed E-state index contributed by atoms with van der Waals surface area (Å²) in [6.07, 6.45) is 0.0674. The highest BCUT2D eigenvalue weighted by molar-refractivity contribution is 8.13. The molecule has 0 radical (unpaired) electrons. The van der Waals surface area contributed by atoms with Gasteiger partial charge in [0, 0.05) is 29.3 Å². The predicted molar refractivity (Wildman–Crippen MR) is 70.8 cm³/mol. The number of benzene rings is 1. The van der Waals surface area contributed by atoms with Crippen molar-refractivity contribution in [3.8, 4) is 0 Å². The van der Waals surface area contributed by atoms with Crippen LogP contribution in [0.15, 0.2) is 29.2 Å². The third-order valence-electron chi connectivity index (χ3n) is 2.88. The molecule has 0 spiro atoms. The van der Waals surface area contributed by atoms with Crippen molar-refractivity contribution in [2.24, 2.45) is 5.92 Å². The van der Waals surface area contributed by atoms with E-state index in [1.54, 1.807) is 0 Å². The largest absolute Gasteiger partial charge is 0.312 e. The second kappa shape index (κ2) is 5.11. The molecule has 1 amide bonds. The first-order valence-electron chi connectivity index (χ1n) is 5.33. The molecule has 0 saturated carbocycles. The molecule has 1 aliphatic rings. The molecule has 1 saturated heterocycles. The van der Waals surface area contributed by atoms with Crippen LogP contribution in [0.4, 0.5) is 5.69 Å². The zero-order valence-electron chi connectivity index (χ0n) is 9.55. The standard InChI is InChI=1S/C11H9Cl2NO4S/c12-11(16)7-5-10(15)14(6-7)8-1-3-9(4-2-8)19(13,17)18/h1-4,7H,5-6H2. The summed E-state index contributed by atoms with van der Waals surface area (Å²) in [5.41, 5.74) is 0.509. The molecule has 0 bridgehead atoms. The molecule has 1 unspecified atom stereocenters. The van der Waals surface area contributed by atoms with Crippen LogP contribution in [-0.2, 0) is 18.6 Å². The Morgan fingerprint density at radius 3 is 2.26 bits per heavy atom. The van der Waals surface area contributed by atoms with Gasteiger partial charge in [-0.3, -0.25) is 9.59 Å². The minimum absolute atomic E-state index is 0.0467. The van der Waals surface area contributed by atoms with Gasteiger partial charge in [0.1, 0.15) is 0 Å². The molecule has 1 aliphatic heterocycles. The molecule has 5 nitrogen and oxygen atoms in total. The van der Waals surface area contributed by atoms with E-state index in [0.29, 0.717) is 5.69 Å². The van der Waals surface area contributed by atoms with E-state index in [4.69, 9.17) is 22.3 Å². The molecule has 8 heteroatoms. The number of halogens is 2. The average molecular weight is 322 g/mol. The van der Waals surface area contributed by atoms with Gasteiger partial charge in [0.2, 0.25) is 11.1 Å². The van der Waals surface area contributed by atoms with Crippen LogP contribution in [0.2, 0.25) is 0 Å². The Balaban J connectivity index is 2.24. The lowest BCUT2D eigenvalue weighted by Crippen LogP contribution is -2.25. The number of hydrogen-bond acceptors (Lipinski definition) is 4. The Kier molecular flexibility index (Phi) is 3.85. The number of nitrogens with zero attached hydrogens (tertiary/aromatic N) is 1. The fraction of sp³-hybridized carbons (Fsp3) is 0.273. The highest BCUT2D eigenvalue weighted by Crippen LogP contribution is 2.27. The minimum Gasteiger partial charge on any atom is -0.312 e. The summed E-state index contributed by atoms with van der Waals surface area (Å²) in [6.45, 7) is 0.203. The number of carbonyl (C=O) groups is 2. The average Bonchev–Trinajstić information content (AvgIpc) is 2.70. The van der Waals surface area contributed by atoms with E-state index < -0.39 is 20.2 Å². The van der Waals surface area contributed by atoms with Gasteiger partial charge in [0.15, 0.2) is 0 Å². The van der Waals surface area contributed by atoms with Gasteiger partial charge in [-0.05, 0) is 35.9 Å². The number of carbonyl (C=O) groups excluding carboxylic acids is 2. The molecule has 0 aliphatic carbocycles. The molecule has 0 N–H and O–H groups in total. The van der Waals surface area contributed by atoms with Crippen molar-refractivity contribution in [3.63, 3.8) is 0 Å². The first kappa shape index (κ1) is 14.3. The molecule has 1 atom stereocenters. The summed E-state index contributed by atoms with van der Waals surface area (Å²) in [4.78, 5) is 24.1. The van der Waals surface area contributed by atoms with Gasteiger partial charge in [-0.25, -0.2) is 8.42 Å². The minimum atomic E-state index is -3.79. The van der Waals surface area contributed by atoms with Crippen LogP contribution in [0.5, 0.6) is 0 Å². The third-order valence-corrected chi connectivity index (χ3v) is 4.55. The lowest BCUT2D eigenvalue weighted by Gasteiger charge is -2.16. The smallest absolute Gasteiger partial charge is 0.261 e. The zero-order valence-corrected chi connectivity index (χ0v) is 11.9. The summed E-state index contributed by atoms with van der Waals surface area (Å²) >= 11 is 5.37. The van der Waals surface area contributed by atoms with E-state index in [2.05, 4.69) is 0 Å². The van der Waals surface area contributed by atoms with Gasteiger partial charge in [-0.2, -0.15) is 0 Å². The first-order valence-corrected chi connectivity index (χ1v) is 8.02. The molecule has 2 rings (SSSR count). The molecule has 1 aromatic rings. The molecule has 0 aromatic heterocycles. The Hall–Kier alpha value is -1.11. The summed E-state index contributed by atoms with van der Waals surface area (Å²) in [5.74, 6) is -0.744. The molecule has 1 fully saturated rings. The predicted octanol–water partition coefficient (Wildman–Crippen LogP) is 1.73. The van der Waals surface area contributed by atoms with Crippen molar-refractivity contribution in [1.29, 1.82) is 0 Å². The Bertz CT molecular complexity index is 627. The maximum absolute atomic E-state index is 11.7. The van der Waals surface area contributed by atoms with E-state index in [-0.39, 0.29) is 23.8 Å². The monoisotopic (exact) mass is 321 g/mol. The fourth-order valence-corrected chi connectivity index (χ4v) is 2.81. The molecular formula is C11H9Cl2NO4S. The fourth-order valence-electron chi connectivity index (χ4n) is 1.90. The van der Waals surface area contributed by atoms with E-state index in [0.717, 1.165) is 0 Å². The van der Waals surface area contributed by atoms with Crippen molar-refractivity contribution < 1.29 is 18.0 Å². The van der Waals surface area contributed by atoms with Crippen molar-refractivity contribution in [1.82, 2.24) is 0 Å². The highest BCUT2D eigenvalue weighted by Gasteiger charge is 2.34. The second-order valence-electron chi connectivity index (χ2n) is 4.14. The number of amides is 1. The molecule has 19 heavy (non-hydrogen) atoms. The summed E-state index contributed by atoms with van der Waals surface area (Å²) in [7, 11) is 1.41. The van der Waals surface area contributed by atoms with Gasteiger partial charge >= 0.3 is 0 Å². The number of hydrogen-bond donors (Lipinski definition) is 0. The zero-order chi connectivity index (χ0) is 14.2. The number of rotatable bonds is 3. The van der Waals surface area contributed by atoms with Gasteiger partial charge in [0.05, 0.1) is 10.8 Å². The maximum atomic E-state index is 11.7. The summed E-state index contributed by atoms with van der Waals surface area (Å²) in [5, 5.41) is -0.546. The Labute approximate surface area is 119 Å². The van der Waals surface area contributed by atoms with Crippen molar-refractivity contribution in [2.75, 3.05) is 11.4 Å². The van der Waals surface area contributed by atoms with Crippen LogP contribution >= 0.6 is 22.3 Å². The van der Waals surface area contributed by atoms with E-state index in [1.807, 2.05) is 0 Å². The van der Waals surface area contributed by atoms with Gasteiger partial charge < -0.3 is 4.90 Å². The Morgan fingerprint density at radius 2 is 1.84 bits per heavy atom. The molecular weight excluding hydrogens is 313 g/mol. The van der Waals surface area contributed by atoms with Crippen LogP contribution in [0.25, 0.3) is 0 Å². The molecule has 1 aromatic carbocycles. The SMILES string of the molecule is O=C(Cl)C1CC(=O)N(c2ccc(S(=O)(=O)Cl)cc2)C1. The third kappa shape index (κ3) is 3.08. The number of anilines is 1. The second-order valence-corrected chi connectivity index (χ2v) is 7.08. The maximum Gasteiger partial charge on any atom is 0.261 e. The van der Waals surface area contributed by atoms with E-state index in [1.165, 1.54) is 29.2 Å². The van der Waals surface area contributed by atoms with E-state index in [9.17, 15) is 18.0 Å². The van der Waals surface area contributed by atoms with Gasteiger partial charge in [-0.15, -0.1) is 0 Å². The normalized spacial score (nSPS) is 19.8. The van der Waals surface area contributed by atoms with Crippen LogP contribution in [0, 0.1) is 5.92 Å². The van der Waals surface area contributed by atoms with Crippen LogP contribution in [0.3, 0.4) is 0 Å². The topological polar surface area (TPSA) is 71.5 Å². The lowest BCUT2D eigenvalue weighted by atomic mass is 10.1. The van der Waals surface area contributed by atoms with Crippen LogP contribution in [0.1, 0.15) is 6.42 Å². The summed E-state index contributed by atoms with van der Waals surface area (Å²) < 4.78 is 22.2. The van der Waals surface area contributed by atoms with Crippen LogP contribution in [-0.4, -0.2) is 26.1 Å². The highest BCUT2D eigenvalue weighted by atomic mass is 35.7. The molecule has 1 heterocycles. The lowest BCUT2D eigenvalue weighted by molar-refractivity contribution is -0.120. The van der Waals surface area contributed by atoms with Crippen molar-refractivity contribution in [3.05, 3.63) is 24.3 Å². The van der Waals surface area contributed by atoms with Crippen molar-refractivity contribution >= 4 is 48.2 Å². The van der Waals surface area contributed by atoms with Crippen LogP contribution < -0.4 is 4.90 Å².